The van der Waals surface area contributed by atoms with Crippen molar-refractivity contribution in [2.45, 2.75) is 31.1 Å². The summed E-state index contributed by atoms with van der Waals surface area (Å²) in [6.45, 7) is 11.8. The SMILES string of the molecule is C=CC(C)(C(Cl)Cl)N(CC)CC. The Labute approximate surface area is 85.3 Å². The number of hydrogen-bond donors (Lipinski definition) is 0. The number of alkyl halides is 2. The third-order valence-electron chi connectivity index (χ3n) is 2.30. The van der Waals surface area contributed by atoms with E-state index < -0.39 is 4.84 Å². The predicted octanol–water partition coefficient (Wildman–Crippen LogP) is 3.08. The van der Waals surface area contributed by atoms with Crippen molar-refractivity contribution in [1.29, 1.82) is 0 Å². The van der Waals surface area contributed by atoms with Crippen LogP contribution < -0.4 is 0 Å². The van der Waals surface area contributed by atoms with Crippen molar-refractivity contribution in [1.82, 2.24) is 4.90 Å². The van der Waals surface area contributed by atoms with Gasteiger partial charge in [0.05, 0.1) is 5.54 Å². The Bertz CT molecular complexity index is 143. The second kappa shape index (κ2) is 5.11. The third kappa shape index (κ3) is 2.38. The van der Waals surface area contributed by atoms with E-state index in [-0.39, 0.29) is 5.54 Å². The van der Waals surface area contributed by atoms with Crippen molar-refractivity contribution in [3.8, 4) is 0 Å². The fourth-order valence-electron chi connectivity index (χ4n) is 1.26. The summed E-state index contributed by atoms with van der Waals surface area (Å²) in [5, 5.41) is 0. The number of hydrogen-bond acceptors (Lipinski definition) is 1. The van der Waals surface area contributed by atoms with Crippen LogP contribution in [0.25, 0.3) is 0 Å². The molecule has 72 valence electrons. The Kier molecular flexibility index (Phi) is 5.22. The first-order valence-electron chi connectivity index (χ1n) is 4.19. The first kappa shape index (κ1) is 12.3. The van der Waals surface area contributed by atoms with Crippen LogP contribution in [0.2, 0.25) is 0 Å². The highest BCUT2D eigenvalue weighted by molar-refractivity contribution is 6.45. The van der Waals surface area contributed by atoms with E-state index in [0.29, 0.717) is 0 Å². The maximum absolute atomic E-state index is 5.89. The molecular formula is C9H17Cl2N. The van der Waals surface area contributed by atoms with Crippen LogP contribution in [0.3, 0.4) is 0 Å². The summed E-state index contributed by atoms with van der Waals surface area (Å²) in [4.78, 5) is 1.75. The zero-order chi connectivity index (χ0) is 9.78. The normalized spacial score (nSPS) is 16.6. The van der Waals surface area contributed by atoms with E-state index in [1.807, 2.05) is 13.0 Å². The molecule has 0 aromatic heterocycles. The van der Waals surface area contributed by atoms with Crippen LogP contribution in [0.1, 0.15) is 20.8 Å². The summed E-state index contributed by atoms with van der Waals surface area (Å²) in [7, 11) is 0. The Morgan fingerprint density at radius 2 is 1.83 bits per heavy atom. The molecule has 0 radical (unpaired) electrons. The van der Waals surface area contributed by atoms with E-state index in [2.05, 4.69) is 25.3 Å². The van der Waals surface area contributed by atoms with Crippen LogP contribution in [0, 0.1) is 0 Å². The van der Waals surface area contributed by atoms with Gasteiger partial charge in [-0.2, -0.15) is 0 Å². The number of nitrogens with zero attached hydrogens (tertiary/aromatic N) is 1. The summed E-state index contributed by atoms with van der Waals surface area (Å²) < 4.78 is 0. The quantitative estimate of drug-likeness (QED) is 0.498. The summed E-state index contributed by atoms with van der Waals surface area (Å²) in [6, 6.07) is 0. The van der Waals surface area contributed by atoms with Crippen molar-refractivity contribution in [2.75, 3.05) is 13.1 Å². The van der Waals surface area contributed by atoms with Crippen molar-refractivity contribution in [3.05, 3.63) is 12.7 Å². The fraction of sp³-hybridized carbons (Fsp3) is 0.778. The maximum Gasteiger partial charge on any atom is 0.129 e. The van der Waals surface area contributed by atoms with Crippen molar-refractivity contribution in [3.63, 3.8) is 0 Å². The standard InChI is InChI=1S/C9H17Cl2N/c1-5-9(4,8(10)11)12(6-2)7-3/h5,8H,1,6-7H2,2-4H3. The average molecular weight is 210 g/mol. The minimum Gasteiger partial charge on any atom is -0.293 e. The lowest BCUT2D eigenvalue weighted by molar-refractivity contribution is 0.175. The van der Waals surface area contributed by atoms with E-state index in [1.165, 1.54) is 0 Å². The van der Waals surface area contributed by atoms with Gasteiger partial charge in [-0.3, -0.25) is 4.90 Å². The maximum atomic E-state index is 5.89. The molecule has 12 heavy (non-hydrogen) atoms. The highest BCUT2D eigenvalue weighted by Crippen LogP contribution is 2.27. The zero-order valence-corrected chi connectivity index (χ0v) is 9.49. The van der Waals surface area contributed by atoms with E-state index in [0.717, 1.165) is 13.1 Å². The monoisotopic (exact) mass is 209 g/mol. The molecule has 0 aliphatic rings. The highest BCUT2D eigenvalue weighted by Gasteiger charge is 2.33. The van der Waals surface area contributed by atoms with Crippen molar-refractivity contribution < 1.29 is 0 Å². The second-order valence-electron chi connectivity index (χ2n) is 2.90. The number of halogens is 2. The molecule has 1 unspecified atom stereocenters. The number of likely N-dealkylation sites (N-methyl/N-ethyl adjacent to an activating group) is 1. The molecule has 0 aromatic carbocycles. The van der Waals surface area contributed by atoms with E-state index >= 15 is 0 Å². The topological polar surface area (TPSA) is 3.24 Å². The number of rotatable bonds is 5. The van der Waals surface area contributed by atoms with Gasteiger partial charge in [-0.1, -0.05) is 19.9 Å². The summed E-state index contributed by atoms with van der Waals surface area (Å²) in [5.41, 5.74) is -0.313. The Morgan fingerprint density at radius 1 is 1.42 bits per heavy atom. The van der Waals surface area contributed by atoms with Gasteiger partial charge in [-0.05, 0) is 20.0 Å². The van der Waals surface area contributed by atoms with Gasteiger partial charge in [-0.25, -0.2) is 0 Å². The molecular weight excluding hydrogens is 193 g/mol. The molecule has 0 heterocycles. The zero-order valence-electron chi connectivity index (χ0n) is 7.98. The molecule has 3 heteroatoms. The van der Waals surface area contributed by atoms with Crippen LogP contribution in [-0.4, -0.2) is 28.4 Å². The van der Waals surface area contributed by atoms with E-state index in [9.17, 15) is 0 Å². The van der Waals surface area contributed by atoms with Gasteiger partial charge < -0.3 is 0 Å². The summed E-state index contributed by atoms with van der Waals surface area (Å²) >= 11 is 11.8. The molecule has 0 saturated carbocycles. The lowest BCUT2D eigenvalue weighted by Gasteiger charge is -2.38. The molecule has 1 nitrogen and oxygen atoms in total. The molecule has 0 N–H and O–H groups in total. The second-order valence-corrected chi connectivity index (χ2v) is 4.00. The van der Waals surface area contributed by atoms with Gasteiger partial charge in [0, 0.05) is 0 Å². The fourth-order valence-corrected chi connectivity index (χ4v) is 1.72. The lowest BCUT2D eigenvalue weighted by atomic mass is 10.0. The predicted molar refractivity (Wildman–Crippen MR) is 57.0 cm³/mol. The molecule has 0 rings (SSSR count). The third-order valence-corrected chi connectivity index (χ3v) is 3.18. The van der Waals surface area contributed by atoms with Gasteiger partial charge in [0.1, 0.15) is 4.84 Å². The molecule has 0 fully saturated rings. The first-order chi connectivity index (χ1) is 5.52. The van der Waals surface area contributed by atoms with Crippen LogP contribution >= 0.6 is 23.2 Å². The molecule has 0 aromatic rings. The molecule has 1 atom stereocenters. The van der Waals surface area contributed by atoms with E-state index in [4.69, 9.17) is 23.2 Å². The van der Waals surface area contributed by atoms with Crippen molar-refractivity contribution >= 4 is 23.2 Å². The van der Waals surface area contributed by atoms with Crippen LogP contribution in [0.15, 0.2) is 12.7 Å². The molecule has 0 bridgehead atoms. The minimum absolute atomic E-state index is 0.313. The molecule has 0 amide bonds. The lowest BCUT2D eigenvalue weighted by Crippen LogP contribution is -2.49. The van der Waals surface area contributed by atoms with Gasteiger partial charge in [0.25, 0.3) is 0 Å². The van der Waals surface area contributed by atoms with Crippen LogP contribution in [0.4, 0.5) is 0 Å². The summed E-state index contributed by atoms with van der Waals surface area (Å²) in [6.07, 6.45) is 1.81. The Morgan fingerprint density at radius 3 is 1.92 bits per heavy atom. The highest BCUT2D eigenvalue weighted by atomic mass is 35.5. The molecule has 0 saturated heterocycles. The Balaban J connectivity index is 4.58. The molecule has 0 aliphatic carbocycles. The Hall–Kier alpha value is 0.280. The van der Waals surface area contributed by atoms with Gasteiger partial charge in [-0.15, -0.1) is 29.8 Å². The largest absolute Gasteiger partial charge is 0.293 e. The summed E-state index contributed by atoms with van der Waals surface area (Å²) in [5.74, 6) is 0. The first-order valence-corrected chi connectivity index (χ1v) is 5.07. The van der Waals surface area contributed by atoms with Crippen LogP contribution in [0.5, 0.6) is 0 Å². The van der Waals surface area contributed by atoms with Crippen molar-refractivity contribution in [2.24, 2.45) is 0 Å². The van der Waals surface area contributed by atoms with Gasteiger partial charge in [0.15, 0.2) is 0 Å². The molecule has 0 spiro atoms. The average Bonchev–Trinajstić information content (AvgIpc) is 2.05. The molecule has 0 aliphatic heterocycles. The van der Waals surface area contributed by atoms with Crippen LogP contribution in [-0.2, 0) is 0 Å². The minimum atomic E-state index is -0.435. The van der Waals surface area contributed by atoms with Gasteiger partial charge >= 0.3 is 0 Å². The smallest absolute Gasteiger partial charge is 0.129 e. The van der Waals surface area contributed by atoms with Gasteiger partial charge in [0.2, 0.25) is 0 Å². The van der Waals surface area contributed by atoms with E-state index in [1.54, 1.807) is 0 Å².